The number of piperidine rings is 1. The van der Waals surface area contributed by atoms with Gasteiger partial charge in [-0.1, -0.05) is 0 Å². The molecular formula is C9H18N2O. The van der Waals surface area contributed by atoms with E-state index in [1.165, 1.54) is 0 Å². The highest BCUT2D eigenvalue weighted by molar-refractivity contribution is 5.73. The van der Waals surface area contributed by atoms with E-state index in [1.54, 1.807) is 6.92 Å². The summed E-state index contributed by atoms with van der Waals surface area (Å²) in [4.78, 5) is 12.9. The second-order valence-corrected chi connectivity index (χ2v) is 3.51. The molecule has 1 amide bonds. The van der Waals surface area contributed by atoms with E-state index in [0.717, 1.165) is 38.4 Å². The molecule has 1 aliphatic rings. The van der Waals surface area contributed by atoms with Gasteiger partial charge in [0.25, 0.3) is 0 Å². The number of amides is 1. The molecule has 0 saturated carbocycles. The maximum atomic E-state index is 11.0. The largest absolute Gasteiger partial charge is 0.343 e. The van der Waals surface area contributed by atoms with Gasteiger partial charge in [-0.05, 0) is 32.4 Å². The SMILES string of the molecule is CNCC1CCN(C(C)=O)CC1. The molecule has 0 atom stereocenters. The molecule has 0 radical (unpaired) electrons. The molecule has 1 heterocycles. The van der Waals surface area contributed by atoms with E-state index >= 15 is 0 Å². The minimum Gasteiger partial charge on any atom is -0.343 e. The van der Waals surface area contributed by atoms with E-state index in [1.807, 2.05) is 11.9 Å². The molecule has 1 rings (SSSR count). The summed E-state index contributed by atoms with van der Waals surface area (Å²) in [6, 6.07) is 0. The van der Waals surface area contributed by atoms with Crippen molar-refractivity contribution in [3.8, 4) is 0 Å². The van der Waals surface area contributed by atoms with Gasteiger partial charge in [0.2, 0.25) is 5.91 Å². The van der Waals surface area contributed by atoms with Gasteiger partial charge in [0.05, 0.1) is 0 Å². The molecule has 1 fully saturated rings. The lowest BCUT2D eigenvalue weighted by Crippen LogP contribution is -2.39. The van der Waals surface area contributed by atoms with Crippen molar-refractivity contribution in [3.05, 3.63) is 0 Å². The van der Waals surface area contributed by atoms with E-state index in [-0.39, 0.29) is 5.91 Å². The van der Waals surface area contributed by atoms with Crippen molar-refractivity contribution in [3.63, 3.8) is 0 Å². The Morgan fingerprint density at radius 2 is 2.08 bits per heavy atom. The summed E-state index contributed by atoms with van der Waals surface area (Å²) in [6.45, 7) is 4.63. The van der Waals surface area contributed by atoms with Gasteiger partial charge >= 0.3 is 0 Å². The van der Waals surface area contributed by atoms with Crippen LogP contribution in [0.1, 0.15) is 19.8 Å². The molecule has 1 saturated heterocycles. The lowest BCUT2D eigenvalue weighted by atomic mass is 9.97. The van der Waals surface area contributed by atoms with Gasteiger partial charge in [0, 0.05) is 20.0 Å². The van der Waals surface area contributed by atoms with Crippen LogP contribution in [0.15, 0.2) is 0 Å². The quantitative estimate of drug-likeness (QED) is 0.653. The number of carbonyl (C=O) groups excluding carboxylic acids is 1. The van der Waals surface area contributed by atoms with Crippen LogP contribution in [0, 0.1) is 5.92 Å². The zero-order chi connectivity index (χ0) is 8.97. The van der Waals surface area contributed by atoms with Crippen LogP contribution in [0.4, 0.5) is 0 Å². The van der Waals surface area contributed by atoms with Crippen molar-refractivity contribution in [1.82, 2.24) is 10.2 Å². The number of hydrogen-bond donors (Lipinski definition) is 1. The van der Waals surface area contributed by atoms with Crippen molar-refractivity contribution in [2.45, 2.75) is 19.8 Å². The normalized spacial score (nSPS) is 19.7. The molecule has 3 heteroatoms. The first-order chi connectivity index (χ1) is 5.74. The summed E-state index contributed by atoms with van der Waals surface area (Å²) in [5.74, 6) is 0.989. The van der Waals surface area contributed by atoms with E-state index in [4.69, 9.17) is 0 Å². The Labute approximate surface area is 74.1 Å². The lowest BCUT2D eigenvalue weighted by molar-refractivity contribution is -0.130. The minimum absolute atomic E-state index is 0.220. The maximum absolute atomic E-state index is 11.0. The van der Waals surface area contributed by atoms with Crippen LogP contribution in [0.25, 0.3) is 0 Å². The summed E-state index contributed by atoms with van der Waals surface area (Å²) >= 11 is 0. The van der Waals surface area contributed by atoms with Crippen LogP contribution in [0.2, 0.25) is 0 Å². The van der Waals surface area contributed by atoms with Gasteiger partial charge in [-0.2, -0.15) is 0 Å². The Kier molecular flexibility index (Phi) is 3.53. The van der Waals surface area contributed by atoms with Gasteiger partial charge in [0.1, 0.15) is 0 Å². The molecule has 0 aliphatic carbocycles. The maximum Gasteiger partial charge on any atom is 0.219 e. The molecule has 0 aromatic rings. The van der Waals surface area contributed by atoms with Crippen molar-refractivity contribution < 1.29 is 4.79 Å². The van der Waals surface area contributed by atoms with Crippen LogP contribution >= 0.6 is 0 Å². The Morgan fingerprint density at radius 3 is 2.50 bits per heavy atom. The van der Waals surface area contributed by atoms with Gasteiger partial charge < -0.3 is 10.2 Å². The predicted molar refractivity (Wildman–Crippen MR) is 48.9 cm³/mol. The molecule has 0 aromatic carbocycles. The summed E-state index contributed by atoms with van der Waals surface area (Å²) in [6.07, 6.45) is 2.31. The first-order valence-corrected chi connectivity index (χ1v) is 4.64. The van der Waals surface area contributed by atoms with Crippen molar-refractivity contribution in [2.24, 2.45) is 5.92 Å². The van der Waals surface area contributed by atoms with Gasteiger partial charge in [-0.25, -0.2) is 0 Å². The topological polar surface area (TPSA) is 32.3 Å². The Bertz CT molecular complexity index is 151. The molecule has 70 valence electrons. The summed E-state index contributed by atoms with van der Waals surface area (Å²) < 4.78 is 0. The van der Waals surface area contributed by atoms with Crippen molar-refractivity contribution in [1.29, 1.82) is 0 Å². The minimum atomic E-state index is 0.220. The molecule has 0 spiro atoms. The highest BCUT2D eigenvalue weighted by Crippen LogP contribution is 2.15. The molecule has 1 aliphatic heterocycles. The second kappa shape index (κ2) is 4.45. The Hall–Kier alpha value is -0.570. The second-order valence-electron chi connectivity index (χ2n) is 3.51. The number of likely N-dealkylation sites (tertiary alicyclic amines) is 1. The van der Waals surface area contributed by atoms with E-state index < -0.39 is 0 Å². The lowest BCUT2D eigenvalue weighted by Gasteiger charge is -2.31. The van der Waals surface area contributed by atoms with Crippen LogP contribution < -0.4 is 5.32 Å². The van der Waals surface area contributed by atoms with Crippen LogP contribution in [0.5, 0.6) is 0 Å². The monoisotopic (exact) mass is 170 g/mol. The highest BCUT2D eigenvalue weighted by atomic mass is 16.2. The molecule has 12 heavy (non-hydrogen) atoms. The van der Waals surface area contributed by atoms with Crippen molar-refractivity contribution in [2.75, 3.05) is 26.7 Å². The highest BCUT2D eigenvalue weighted by Gasteiger charge is 2.19. The third-order valence-corrected chi connectivity index (χ3v) is 2.55. The molecule has 1 N–H and O–H groups in total. The number of nitrogens with zero attached hydrogens (tertiary/aromatic N) is 1. The van der Waals surface area contributed by atoms with Crippen LogP contribution in [0.3, 0.4) is 0 Å². The first-order valence-electron chi connectivity index (χ1n) is 4.64. The van der Waals surface area contributed by atoms with E-state index in [0.29, 0.717) is 0 Å². The molecule has 0 aromatic heterocycles. The van der Waals surface area contributed by atoms with Crippen LogP contribution in [-0.2, 0) is 4.79 Å². The fourth-order valence-electron chi connectivity index (χ4n) is 1.74. The number of rotatable bonds is 2. The fraction of sp³-hybridized carbons (Fsp3) is 0.889. The zero-order valence-corrected chi connectivity index (χ0v) is 7.97. The molecule has 3 nitrogen and oxygen atoms in total. The summed E-state index contributed by atoms with van der Waals surface area (Å²) in [5.41, 5.74) is 0. The molecule has 0 unspecified atom stereocenters. The average molecular weight is 170 g/mol. The first kappa shape index (κ1) is 9.52. The van der Waals surface area contributed by atoms with Crippen LogP contribution in [-0.4, -0.2) is 37.5 Å². The summed E-state index contributed by atoms with van der Waals surface area (Å²) in [7, 11) is 1.98. The zero-order valence-electron chi connectivity index (χ0n) is 7.97. The standard InChI is InChI=1S/C9H18N2O/c1-8(12)11-5-3-9(4-6-11)7-10-2/h9-10H,3-7H2,1-2H3. The predicted octanol–water partition coefficient (Wildman–Crippen LogP) is 0.464. The smallest absolute Gasteiger partial charge is 0.219 e. The van der Waals surface area contributed by atoms with Crippen molar-refractivity contribution >= 4 is 5.91 Å². The fourth-order valence-corrected chi connectivity index (χ4v) is 1.74. The van der Waals surface area contributed by atoms with Gasteiger partial charge in [-0.15, -0.1) is 0 Å². The molecule has 0 bridgehead atoms. The van der Waals surface area contributed by atoms with Gasteiger partial charge in [-0.3, -0.25) is 4.79 Å². The number of nitrogens with one attached hydrogen (secondary N) is 1. The third-order valence-electron chi connectivity index (χ3n) is 2.55. The number of hydrogen-bond acceptors (Lipinski definition) is 2. The van der Waals surface area contributed by atoms with E-state index in [2.05, 4.69) is 5.32 Å². The Morgan fingerprint density at radius 1 is 1.50 bits per heavy atom. The summed E-state index contributed by atoms with van der Waals surface area (Å²) in [5, 5.41) is 3.18. The Balaban J connectivity index is 2.25. The van der Waals surface area contributed by atoms with E-state index in [9.17, 15) is 4.79 Å². The molecular weight excluding hydrogens is 152 g/mol. The third kappa shape index (κ3) is 2.48. The average Bonchev–Trinajstić information content (AvgIpc) is 2.06. The number of carbonyl (C=O) groups is 1. The van der Waals surface area contributed by atoms with Gasteiger partial charge in [0.15, 0.2) is 0 Å².